The second kappa shape index (κ2) is 5.45. The Kier molecular flexibility index (Phi) is 4.09. The Bertz CT molecular complexity index is 710. The first-order valence-corrected chi connectivity index (χ1v) is 7.26. The van der Waals surface area contributed by atoms with E-state index in [0.29, 0.717) is 10.3 Å². The zero-order chi connectivity index (χ0) is 14.0. The molecular formula is C11H10O6S2. The fourth-order valence-electron chi connectivity index (χ4n) is 1.67. The van der Waals surface area contributed by atoms with E-state index in [1.807, 2.05) is 13.0 Å². The topological polar surface area (TPSA) is 93.1 Å². The molecule has 0 amide bonds. The molecule has 102 valence electrons. The molecule has 8 heteroatoms. The van der Waals surface area contributed by atoms with Crippen LogP contribution in [0, 0.1) is 6.92 Å². The first-order valence-electron chi connectivity index (χ1n) is 5.08. The molecule has 0 saturated carbocycles. The van der Waals surface area contributed by atoms with Gasteiger partial charge in [0, 0.05) is 4.90 Å². The van der Waals surface area contributed by atoms with Crippen molar-refractivity contribution in [1.82, 2.24) is 0 Å². The highest BCUT2D eigenvalue weighted by molar-refractivity contribution is 7.94. The molecule has 2 N–H and O–H groups in total. The Balaban J connectivity index is 2.55. The van der Waals surface area contributed by atoms with Gasteiger partial charge in [-0.05, 0) is 41.5 Å². The van der Waals surface area contributed by atoms with Crippen LogP contribution in [-0.2, 0) is 19.5 Å². The van der Waals surface area contributed by atoms with Crippen molar-refractivity contribution in [3.63, 3.8) is 0 Å². The summed E-state index contributed by atoms with van der Waals surface area (Å²) < 4.78 is 35.5. The van der Waals surface area contributed by atoms with Crippen molar-refractivity contribution in [2.75, 3.05) is 0 Å². The third kappa shape index (κ3) is 3.24. The zero-order valence-electron chi connectivity index (χ0n) is 9.73. The normalized spacial score (nSPS) is 11.9. The van der Waals surface area contributed by atoms with E-state index in [1.54, 1.807) is 12.1 Å². The summed E-state index contributed by atoms with van der Waals surface area (Å²) in [6.45, 7) is 1.83. The fraction of sp³-hybridized carbons (Fsp3) is 0.0909. The SMILES string of the molecule is Cc1cc2ccc(S(=O)(=O)O)cc2cc1SOOO. The summed E-state index contributed by atoms with van der Waals surface area (Å²) >= 11 is 0.791. The summed E-state index contributed by atoms with van der Waals surface area (Å²) in [5.74, 6) is 0. The maximum absolute atomic E-state index is 11.1. The van der Waals surface area contributed by atoms with Crippen molar-refractivity contribution in [1.29, 1.82) is 0 Å². The monoisotopic (exact) mass is 302 g/mol. The number of rotatable bonds is 4. The van der Waals surface area contributed by atoms with Crippen LogP contribution < -0.4 is 0 Å². The third-order valence-corrected chi connectivity index (χ3v) is 4.16. The summed E-state index contributed by atoms with van der Waals surface area (Å²) in [5.41, 5.74) is 0.870. The van der Waals surface area contributed by atoms with Crippen LogP contribution >= 0.6 is 12.0 Å². The lowest BCUT2D eigenvalue weighted by Gasteiger charge is -2.07. The first kappa shape index (κ1) is 14.3. The molecule has 0 aliphatic carbocycles. The van der Waals surface area contributed by atoms with Crippen LogP contribution in [0.2, 0.25) is 0 Å². The van der Waals surface area contributed by atoms with Gasteiger partial charge in [0.15, 0.2) is 0 Å². The number of benzene rings is 2. The second-order valence-electron chi connectivity index (χ2n) is 3.83. The molecule has 2 aromatic carbocycles. The molecule has 0 aliphatic rings. The van der Waals surface area contributed by atoms with Crippen molar-refractivity contribution in [3.05, 3.63) is 35.9 Å². The van der Waals surface area contributed by atoms with Crippen LogP contribution in [0.3, 0.4) is 0 Å². The molecule has 0 unspecified atom stereocenters. The lowest BCUT2D eigenvalue weighted by Crippen LogP contribution is -1.97. The van der Waals surface area contributed by atoms with Gasteiger partial charge < -0.3 is 0 Å². The minimum Gasteiger partial charge on any atom is -0.282 e. The Morgan fingerprint density at radius 1 is 1.16 bits per heavy atom. The predicted octanol–water partition coefficient (Wildman–Crippen LogP) is 2.82. The summed E-state index contributed by atoms with van der Waals surface area (Å²) in [5, 5.41) is 13.1. The van der Waals surface area contributed by atoms with Gasteiger partial charge in [0.25, 0.3) is 10.1 Å². The number of hydrogen-bond donors (Lipinski definition) is 2. The molecule has 0 fully saturated rings. The van der Waals surface area contributed by atoms with Crippen LogP contribution in [0.25, 0.3) is 10.8 Å². The Morgan fingerprint density at radius 3 is 2.53 bits per heavy atom. The summed E-state index contributed by atoms with van der Waals surface area (Å²) in [4.78, 5) is 0.466. The Morgan fingerprint density at radius 2 is 1.89 bits per heavy atom. The van der Waals surface area contributed by atoms with Gasteiger partial charge in [-0.2, -0.15) is 8.42 Å². The average Bonchev–Trinajstić information content (AvgIpc) is 2.34. The molecule has 0 atom stereocenters. The van der Waals surface area contributed by atoms with Crippen LogP contribution in [0.15, 0.2) is 40.1 Å². The molecule has 0 bridgehead atoms. The molecule has 0 radical (unpaired) electrons. The maximum atomic E-state index is 11.1. The highest BCUT2D eigenvalue weighted by Gasteiger charge is 2.11. The van der Waals surface area contributed by atoms with E-state index in [1.165, 1.54) is 12.1 Å². The van der Waals surface area contributed by atoms with Gasteiger partial charge in [-0.15, -0.1) is 4.33 Å². The molecule has 19 heavy (non-hydrogen) atoms. The van der Waals surface area contributed by atoms with E-state index >= 15 is 0 Å². The molecular weight excluding hydrogens is 292 g/mol. The molecule has 0 aromatic heterocycles. The zero-order valence-corrected chi connectivity index (χ0v) is 11.4. The molecule has 0 spiro atoms. The predicted molar refractivity (Wildman–Crippen MR) is 69.2 cm³/mol. The van der Waals surface area contributed by atoms with Crippen molar-refractivity contribution in [2.24, 2.45) is 0 Å². The van der Waals surface area contributed by atoms with Gasteiger partial charge in [0.2, 0.25) is 0 Å². The van der Waals surface area contributed by atoms with Gasteiger partial charge in [0.1, 0.15) is 0 Å². The number of aryl methyl sites for hydroxylation is 1. The maximum Gasteiger partial charge on any atom is 0.294 e. The van der Waals surface area contributed by atoms with Crippen LogP contribution in [0.1, 0.15) is 5.56 Å². The van der Waals surface area contributed by atoms with Crippen LogP contribution in [-0.4, -0.2) is 18.2 Å². The standard InChI is InChI=1S/C11H10O6S2/c1-7-4-8-2-3-10(19(13,14)15)5-9(8)6-11(7)18-17-16-12/h2-6,12H,1H3,(H,13,14,15). The fourth-order valence-corrected chi connectivity index (χ4v) is 2.66. The molecule has 0 saturated heterocycles. The van der Waals surface area contributed by atoms with Crippen LogP contribution in [0.5, 0.6) is 0 Å². The van der Waals surface area contributed by atoms with Crippen molar-refractivity contribution >= 4 is 32.9 Å². The molecule has 2 rings (SSSR count). The molecule has 0 aliphatic heterocycles. The van der Waals surface area contributed by atoms with Gasteiger partial charge in [-0.3, -0.25) is 4.55 Å². The van der Waals surface area contributed by atoms with Gasteiger partial charge in [-0.1, -0.05) is 17.2 Å². The molecule has 0 heterocycles. The quantitative estimate of drug-likeness (QED) is 0.388. The largest absolute Gasteiger partial charge is 0.294 e. The Labute approximate surface area is 113 Å². The summed E-state index contributed by atoms with van der Waals surface area (Å²) in [6.07, 6.45) is 0. The third-order valence-electron chi connectivity index (χ3n) is 2.56. The van der Waals surface area contributed by atoms with Crippen molar-refractivity contribution < 1.29 is 27.6 Å². The van der Waals surface area contributed by atoms with Gasteiger partial charge in [-0.25, -0.2) is 5.26 Å². The van der Waals surface area contributed by atoms with E-state index in [4.69, 9.17) is 9.81 Å². The minimum absolute atomic E-state index is 0.181. The van der Waals surface area contributed by atoms with Crippen molar-refractivity contribution in [3.8, 4) is 0 Å². The van der Waals surface area contributed by atoms with E-state index in [-0.39, 0.29) is 4.90 Å². The van der Waals surface area contributed by atoms with Crippen LogP contribution in [0.4, 0.5) is 0 Å². The van der Waals surface area contributed by atoms with E-state index in [9.17, 15) is 8.42 Å². The summed E-state index contributed by atoms with van der Waals surface area (Å²) in [7, 11) is -4.24. The average molecular weight is 302 g/mol. The molecule has 6 nitrogen and oxygen atoms in total. The summed E-state index contributed by atoms with van der Waals surface area (Å²) in [6, 6.07) is 7.78. The van der Waals surface area contributed by atoms with Crippen molar-refractivity contribution in [2.45, 2.75) is 16.7 Å². The minimum atomic E-state index is -4.24. The first-order chi connectivity index (χ1) is 8.91. The highest BCUT2D eigenvalue weighted by atomic mass is 32.2. The Hall–Kier alpha value is -1.16. The van der Waals surface area contributed by atoms with Gasteiger partial charge >= 0.3 is 0 Å². The molecule has 2 aromatic rings. The van der Waals surface area contributed by atoms with E-state index in [0.717, 1.165) is 23.0 Å². The smallest absolute Gasteiger partial charge is 0.282 e. The second-order valence-corrected chi connectivity index (χ2v) is 5.99. The van der Waals surface area contributed by atoms with E-state index in [2.05, 4.69) is 9.37 Å². The van der Waals surface area contributed by atoms with Gasteiger partial charge in [0.05, 0.1) is 16.9 Å². The lowest BCUT2D eigenvalue weighted by molar-refractivity contribution is -0.432. The number of hydrogen-bond acceptors (Lipinski definition) is 6. The van der Waals surface area contributed by atoms with E-state index < -0.39 is 10.1 Å². The highest BCUT2D eigenvalue weighted by Crippen LogP contribution is 2.29. The lowest BCUT2D eigenvalue weighted by atomic mass is 10.1. The number of fused-ring (bicyclic) bond motifs is 1.